The fraction of sp³-hybridized carbons (Fsp3) is 0.533. The fourth-order valence-electron chi connectivity index (χ4n) is 3.15. The number of rotatable bonds is 1. The number of amides is 1. The lowest BCUT2D eigenvalue weighted by atomic mass is 9.87. The molecule has 1 aromatic carbocycles. The van der Waals surface area contributed by atoms with Gasteiger partial charge in [0.15, 0.2) is 0 Å². The summed E-state index contributed by atoms with van der Waals surface area (Å²) in [4.78, 5) is 13.6. The Labute approximate surface area is 132 Å². The lowest BCUT2D eigenvalue weighted by molar-refractivity contribution is 0.0409. The Morgan fingerprint density at radius 3 is 3.19 bits per heavy atom. The normalized spacial score (nSPS) is 27.4. The highest BCUT2D eigenvalue weighted by atomic mass is 79.9. The molecule has 6 heteroatoms. The molecule has 5 nitrogen and oxygen atoms in total. The molecule has 0 bridgehead atoms. The van der Waals surface area contributed by atoms with Crippen molar-refractivity contribution in [2.45, 2.75) is 31.4 Å². The number of hydrogen-bond acceptors (Lipinski definition) is 4. The van der Waals surface area contributed by atoms with Crippen molar-refractivity contribution >= 4 is 22.0 Å². The average molecular weight is 355 g/mol. The van der Waals surface area contributed by atoms with Gasteiger partial charge in [-0.2, -0.15) is 0 Å². The first-order chi connectivity index (χ1) is 10.0. The number of likely N-dealkylation sites (tertiary alicyclic amines) is 1. The summed E-state index contributed by atoms with van der Waals surface area (Å²) in [7, 11) is 0. The molecule has 1 amide bonds. The van der Waals surface area contributed by atoms with Crippen LogP contribution in [0.3, 0.4) is 0 Å². The summed E-state index contributed by atoms with van der Waals surface area (Å²) in [5, 5.41) is 0. The second-order valence-corrected chi connectivity index (χ2v) is 6.56. The second-order valence-electron chi connectivity index (χ2n) is 5.65. The molecule has 2 N–H and O–H groups in total. The summed E-state index contributed by atoms with van der Waals surface area (Å²) in [6.07, 6.45) is 1.23. The van der Waals surface area contributed by atoms with Crippen molar-refractivity contribution in [2.75, 3.05) is 19.7 Å². The third-order valence-electron chi connectivity index (χ3n) is 4.13. The van der Waals surface area contributed by atoms with Gasteiger partial charge in [0.1, 0.15) is 11.4 Å². The molecule has 0 aromatic heterocycles. The van der Waals surface area contributed by atoms with E-state index in [0.29, 0.717) is 26.1 Å². The van der Waals surface area contributed by atoms with Crippen molar-refractivity contribution < 1.29 is 14.3 Å². The quantitative estimate of drug-likeness (QED) is 0.841. The maximum Gasteiger partial charge on any atom is 0.409 e. The lowest BCUT2D eigenvalue weighted by Crippen LogP contribution is -2.46. The van der Waals surface area contributed by atoms with Crippen LogP contribution in [0.2, 0.25) is 0 Å². The van der Waals surface area contributed by atoms with Crippen LogP contribution in [0.15, 0.2) is 22.7 Å². The minimum atomic E-state index is -0.382. The lowest BCUT2D eigenvalue weighted by Gasteiger charge is -2.38. The van der Waals surface area contributed by atoms with Crippen LogP contribution in [0.1, 0.15) is 31.4 Å². The van der Waals surface area contributed by atoms with E-state index >= 15 is 0 Å². The summed E-state index contributed by atoms with van der Waals surface area (Å²) in [6.45, 7) is 3.39. The molecule has 1 aromatic rings. The van der Waals surface area contributed by atoms with Gasteiger partial charge in [-0.3, -0.25) is 0 Å². The molecular formula is C15H19BrN2O3. The van der Waals surface area contributed by atoms with Crippen LogP contribution in [-0.4, -0.2) is 36.3 Å². The monoisotopic (exact) mass is 354 g/mol. The molecule has 0 radical (unpaired) electrons. The molecule has 1 saturated heterocycles. The Morgan fingerprint density at radius 2 is 2.43 bits per heavy atom. The first-order valence-corrected chi connectivity index (χ1v) is 7.98. The van der Waals surface area contributed by atoms with Crippen molar-refractivity contribution in [1.29, 1.82) is 0 Å². The summed E-state index contributed by atoms with van der Waals surface area (Å²) < 4.78 is 12.3. The molecule has 3 rings (SSSR count). The van der Waals surface area contributed by atoms with Crippen LogP contribution >= 0.6 is 15.9 Å². The predicted octanol–water partition coefficient (Wildman–Crippen LogP) is 2.83. The van der Waals surface area contributed by atoms with Crippen LogP contribution in [0.5, 0.6) is 5.75 Å². The number of fused-ring (bicyclic) bond motifs is 1. The van der Waals surface area contributed by atoms with E-state index < -0.39 is 0 Å². The molecule has 21 heavy (non-hydrogen) atoms. The molecule has 114 valence electrons. The molecular weight excluding hydrogens is 336 g/mol. The maximum absolute atomic E-state index is 11.9. The Balaban J connectivity index is 1.80. The Morgan fingerprint density at radius 1 is 1.62 bits per heavy atom. The minimum Gasteiger partial charge on any atom is -0.485 e. The summed E-state index contributed by atoms with van der Waals surface area (Å²) in [6, 6.07) is 5.81. The van der Waals surface area contributed by atoms with Gasteiger partial charge < -0.3 is 20.1 Å². The van der Waals surface area contributed by atoms with Crippen molar-refractivity contribution in [3.8, 4) is 5.75 Å². The number of benzene rings is 1. The first kappa shape index (κ1) is 14.7. The van der Waals surface area contributed by atoms with Crippen LogP contribution in [-0.2, 0) is 4.74 Å². The number of nitrogens with zero attached hydrogens (tertiary/aromatic N) is 1. The highest BCUT2D eigenvalue weighted by Crippen LogP contribution is 2.43. The third kappa shape index (κ3) is 2.74. The third-order valence-corrected chi connectivity index (χ3v) is 4.63. The summed E-state index contributed by atoms with van der Waals surface area (Å²) in [5.41, 5.74) is 6.95. The maximum atomic E-state index is 11.9. The molecule has 2 atom stereocenters. The van der Waals surface area contributed by atoms with Crippen LogP contribution in [0.4, 0.5) is 4.79 Å². The van der Waals surface area contributed by atoms with Gasteiger partial charge in [0.05, 0.1) is 13.2 Å². The van der Waals surface area contributed by atoms with E-state index in [0.717, 1.165) is 22.2 Å². The summed E-state index contributed by atoms with van der Waals surface area (Å²) >= 11 is 3.46. The number of halogens is 1. The van der Waals surface area contributed by atoms with Crippen molar-refractivity contribution in [3.63, 3.8) is 0 Å². The zero-order chi connectivity index (χ0) is 15.0. The van der Waals surface area contributed by atoms with Crippen LogP contribution in [0.25, 0.3) is 0 Å². The van der Waals surface area contributed by atoms with Gasteiger partial charge in [-0.15, -0.1) is 0 Å². The SMILES string of the molecule is CCOC(=O)N1CCC2(C[C@@H](N)c3cc(Br)ccc3O2)C1. The molecule has 2 heterocycles. The van der Waals surface area contributed by atoms with E-state index in [1.54, 1.807) is 4.90 Å². The zero-order valence-corrected chi connectivity index (χ0v) is 13.6. The van der Waals surface area contributed by atoms with Gasteiger partial charge in [0.25, 0.3) is 0 Å². The van der Waals surface area contributed by atoms with E-state index in [4.69, 9.17) is 15.2 Å². The van der Waals surface area contributed by atoms with Gasteiger partial charge in [-0.25, -0.2) is 4.79 Å². The number of carbonyl (C=O) groups is 1. The van der Waals surface area contributed by atoms with Crippen LogP contribution in [0, 0.1) is 0 Å². The fourth-order valence-corrected chi connectivity index (χ4v) is 3.53. The largest absolute Gasteiger partial charge is 0.485 e. The smallest absolute Gasteiger partial charge is 0.409 e. The Kier molecular flexibility index (Phi) is 3.84. The van der Waals surface area contributed by atoms with E-state index in [-0.39, 0.29) is 17.7 Å². The van der Waals surface area contributed by atoms with Gasteiger partial charge >= 0.3 is 6.09 Å². The van der Waals surface area contributed by atoms with Gasteiger partial charge in [-0.1, -0.05) is 15.9 Å². The number of hydrogen-bond donors (Lipinski definition) is 1. The Hall–Kier alpha value is -1.27. The zero-order valence-electron chi connectivity index (χ0n) is 12.0. The van der Waals surface area contributed by atoms with Gasteiger partial charge in [0, 0.05) is 35.5 Å². The second kappa shape index (κ2) is 5.50. The van der Waals surface area contributed by atoms with E-state index in [1.165, 1.54) is 0 Å². The first-order valence-electron chi connectivity index (χ1n) is 7.19. The molecule has 2 aliphatic rings. The molecule has 0 aliphatic carbocycles. The summed E-state index contributed by atoms with van der Waals surface area (Å²) in [5.74, 6) is 0.822. The molecule has 0 saturated carbocycles. The highest BCUT2D eigenvalue weighted by molar-refractivity contribution is 9.10. The van der Waals surface area contributed by atoms with E-state index in [2.05, 4.69) is 15.9 Å². The Bertz CT molecular complexity index is 566. The number of ether oxygens (including phenoxy) is 2. The average Bonchev–Trinajstić information content (AvgIpc) is 2.84. The van der Waals surface area contributed by atoms with E-state index in [1.807, 2.05) is 25.1 Å². The standard InChI is InChI=1S/C15H19BrN2O3/c1-2-20-14(19)18-6-5-15(9-18)8-12(17)11-7-10(16)3-4-13(11)21-15/h3-4,7,12H,2,5-6,8-9,17H2,1H3/t12-,15?/m1/s1. The van der Waals surface area contributed by atoms with E-state index in [9.17, 15) is 4.79 Å². The number of carbonyl (C=O) groups excluding carboxylic acids is 1. The van der Waals surface area contributed by atoms with Crippen molar-refractivity contribution in [1.82, 2.24) is 4.90 Å². The van der Waals surface area contributed by atoms with Crippen molar-refractivity contribution in [3.05, 3.63) is 28.2 Å². The predicted molar refractivity (Wildman–Crippen MR) is 82.3 cm³/mol. The molecule has 1 fully saturated rings. The van der Waals surface area contributed by atoms with Gasteiger partial charge in [-0.05, 0) is 25.1 Å². The topological polar surface area (TPSA) is 64.8 Å². The van der Waals surface area contributed by atoms with Crippen molar-refractivity contribution in [2.24, 2.45) is 5.73 Å². The molecule has 2 aliphatic heterocycles. The molecule has 1 unspecified atom stereocenters. The molecule has 1 spiro atoms. The van der Waals surface area contributed by atoms with Crippen LogP contribution < -0.4 is 10.5 Å². The van der Waals surface area contributed by atoms with Gasteiger partial charge in [0.2, 0.25) is 0 Å². The minimum absolute atomic E-state index is 0.0756. The highest BCUT2D eigenvalue weighted by Gasteiger charge is 2.46. The number of nitrogens with two attached hydrogens (primary N) is 1.